The van der Waals surface area contributed by atoms with Crippen molar-refractivity contribution in [3.63, 3.8) is 0 Å². The molecule has 24 heavy (non-hydrogen) atoms. The minimum atomic E-state index is -0.454. The number of amides is 2. The molecule has 1 heterocycles. The van der Waals surface area contributed by atoms with Crippen LogP contribution >= 0.6 is 0 Å². The fraction of sp³-hybridized carbons (Fsp3) is 0.118. The van der Waals surface area contributed by atoms with Crippen LogP contribution in [-0.2, 0) is 9.53 Å². The number of ether oxygens (including phenoxy) is 2. The van der Waals surface area contributed by atoms with Gasteiger partial charge in [0.1, 0.15) is 5.75 Å². The Morgan fingerprint density at radius 2 is 1.92 bits per heavy atom. The number of hydrogen-bond acceptors (Lipinski definition) is 5. The maximum atomic E-state index is 12.5. The number of carbonyl (C=O) groups excluding carboxylic acids is 3. The van der Waals surface area contributed by atoms with Gasteiger partial charge in [-0.2, -0.15) is 0 Å². The number of rotatable bonds is 3. The van der Waals surface area contributed by atoms with E-state index in [1.54, 1.807) is 42.5 Å². The van der Waals surface area contributed by atoms with Crippen LogP contribution in [0.5, 0.6) is 5.75 Å². The van der Waals surface area contributed by atoms with E-state index in [0.717, 1.165) is 0 Å². The highest BCUT2D eigenvalue weighted by Gasteiger charge is 2.22. The van der Waals surface area contributed by atoms with Crippen LogP contribution in [0.15, 0.2) is 42.5 Å². The third-order valence-electron chi connectivity index (χ3n) is 3.46. The average molecular weight is 326 g/mol. The molecule has 7 nitrogen and oxygen atoms in total. The molecule has 1 aliphatic rings. The second-order valence-electron chi connectivity index (χ2n) is 5.04. The van der Waals surface area contributed by atoms with Gasteiger partial charge in [-0.05, 0) is 36.4 Å². The Labute approximate surface area is 137 Å². The van der Waals surface area contributed by atoms with E-state index in [4.69, 9.17) is 4.74 Å². The minimum absolute atomic E-state index is 0.0763. The molecule has 1 aliphatic heterocycles. The van der Waals surface area contributed by atoms with Crippen molar-refractivity contribution in [3.05, 3.63) is 53.6 Å². The van der Waals surface area contributed by atoms with Crippen molar-refractivity contribution >= 4 is 29.2 Å². The summed E-state index contributed by atoms with van der Waals surface area (Å²) in [7, 11) is 1.30. The molecule has 0 unspecified atom stereocenters. The van der Waals surface area contributed by atoms with Crippen molar-refractivity contribution in [1.29, 1.82) is 0 Å². The first-order valence-electron chi connectivity index (χ1n) is 7.14. The second-order valence-corrected chi connectivity index (χ2v) is 5.04. The van der Waals surface area contributed by atoms with E-state index in [-0.39, 0.29) is 18.1 Å². The Morgan fingerprint density at radius 1 is 1.17 bits per heavy atom. The smallest absolute Gasteiger partial charge is 0.337 e. The summed E-state index contributed by atoms with van der Waals surface area (Å²) in [5, 5.41) is 5.35. The van der Waals surface area contributed by atoms with Crippen LogP contribution in [0, 0.1) is 0 Å². The Morgan fingerprint density at radius 3 is 2.62 bits per heavy atom. The molecule has 0 radical (unpaired) electrons. The topological polar surface area (TPSA) is 93.7 Å². The van der Waals surface area contributed by atoms with Gasteiger partial charge in [-0.15, -0.1) is 0 Å². The molecule has 0 aromatic heterocycles. The van der Waals surface area contributed by atoms with Gasteiger partial charge in [0.15, 0.2) is 6.61 Å². The van der Waals surface area contributed by atoms with Crippen LogP contribution in [-0.4, -0.2) is 31.5 Å². The van der Waals surface area contributed by atoms with E-state index in [0.29, 0.717) is 22.7 Å². The van der Waals surface area contributed by atoms with Crippen molar-refractivity contribution in [1.82, 2.24) is 0 Å². The van der Waals surface area contributed by atoms with Gasteiger partial charge in [-0.3, -0.25) is 9.59 Å². The predicted molar refractivity (Wildman–Crippen MR) is 86.3 cm³/mol. The predicted octanol–water partition coefficient (Wildman–Crippen LogP) is 2.06. The number of nitrogens with one attached hydrogen (secondary N) is 2. The molecule has 0 atom stereocenters. The molecule has 0 spiro atoms. The number of methoxy groups -OCH3 is 1. The number of fused-ring (bicyclic) bond motifs is 1. The van der Waals surface area contributed by atoms with Crippen molar-refractivity contribution < 1.29 is 23.9 Å². The lowest BCUT2D eigenvalue weighted by Gasteiger charge is -2.20. The number of carbonyl (C=O) groups is 3. The fourth-order valence-corrected chi connectivity index (χ4v) is 2.29. The third-order valence-corrected chi connectivity index (χ3v) is 3.46. The van der Waals surface area contributed by atoms with Crippen LogP contribution in [0.25, 0.3) is 0 Å². The van der Waals surface area contributed by atoms with Gasteiger partial charge in [0.2, 0.25) is 0 Å². The maximum absolute atomic E-state index is 12.5. The summed E-state index contributed by atoms with van der Waals surface area (Å²) in [5.74, 6) is -0.721. The van der Waals surface area contributed by atoms with Crippen LogP contribution in [0.3, 0.4) is 0 Å². The summed E-state index contributed by atoms with van der Waals surface area (Å²) in [6, 6.07) is 11.2. The van der Waals surface area contributed by atoms with E-state index in [1.165, 1.54) is 7.11 Å². The largest absolute Gasteiger partial charge is 0.482 e. The molecule has 3 rings (SSSR count). The Kier molecular flexibility index (Phi) is 4.15. The molecule has 7 heteroatoms. The lowest BCUT2D eigenvalue weighted by Crippen LogP contribution is -2.27. The van der Waals surface area contributed by atoms with Gasteiger partial charge < -0.3 is 20.1 Å². The number of hydrogen-bond donors (Lipinski definition) is 2. The van der Waals surface area contributed by atoms with Crippen LogP contribution in [0.1, 0.15) is 20.7 Å². The molecule has 0 aliphatic carbocycles. The minimum Gasteiger partial charge on any atom is -0.482 e. The van der Waals surface area contributed by atoms with Crippen LogP contribution in [0.4, 0.5) is 11.4 Å². The van der Waals surface area contributed by atoms with E-state index < -0.39 is 11.9 Å². The van der Waals surface area contributed by atoms with Crippen molar-refractivity contribution in [2.45, 2.75) is 0 Å². The Balaban J connectivity index is 1.81. The molecule has 2 N–H and O–H groups in total. The highest BCUT2D eigenvalue weighted by atomic mass is 16.5. The zero-order valence-electron chi connectivity index (χ0n) is 12.8. The summed E-state index contributed by atoms with van der Waals surface area (Å²) in [6.45, 7) is -0.0763. The molecule has 2 amide bonds. The van der Waals surface area contributed by atoms with Gasteiger partial charge in [0, 0.05) is 5.69 Å². The summed E-state index contributed by atoms with van der Waals surface area (Å²) in [4.78, 5) is 35.3. The molecule has 0 saturated carbocycles. The zero-order chi connectivity index (χ0) is 17.1. The molecule has 0 saturated heterocycles. The Bertz CT molecular complexity index is 814. The number of para-hydroxylation sites is 1. The summed E-state index contributed by atoms with van der Waals surface area (Å²) in [5.41, 5.74) is 1.52. The van der Waals surface area contributed by atoms with Gasteiger partial charge in [0.05, 0.1) is 23.9 Å². The van der Waals surface area contributed by atoms with E-state index in [2.05, 4.69) is 15.4 Å². The summed E-state index contributed by atoms with van der Waals surface area (Å²) < 4.78 is 9.91. The van der Waals surface area contributed by atoms with Gasteiger partial charge in [0.25, 0.3) is 11.8 Å². The summed E-state index contributed by atoms with van der Waals surface area (Å²) in [6.07, 6.45) is 0. The highest BCUT2D eigenvalue weighted by Crippen LogP contribution is 2.31. The van der Waals surface area contributed by atoms with E-state index in [1.807, 2.05) is 0 Å². The highest BCUT2D eigenvalue weighted by molar-refractivity contribution is 6.12. The molecule has 0 fully saturated rings. The lowest BCUT2D eigenvalue weighted by molar-refractivity contribution is -0.118. The van der Waals surface area contributed by atoms with Crippen LogP contribution in [0.2, 0.25) is 0 Å². The molecule has 2 aromatic carbocycles. The average Bonchev–Trinajstić information content (AvgIpc) is 2.61. The first-order chi connectivity index (χ1) is 11.6. The monoisotopic (exact) mass is 326 g/mol. The van der Waals surface area contributed by atoms with Crippen LogP contribution < -0.4 is 15.4 Å². The zero-order valence-corrected chi connectivity index (χ0v) is 12.8. The van der Waals surface area contributed by atoms with Crippen molar-refractivity contribution in [2.75, 3.05) is 24.4 Å². The second kappa shape index (κ2) is 6.41. The molecular weight excluding hydrogens is 312 g/mol. The first kappa shape index (κ1) is 15.5. The summed E-state index contributed by atoms with van der Waals surface area (Å²) >= 11 is 0. The van der Waals surface area contributed by atoms with Gasteiger partial charge in [-0.1, -0.05) is 6.07 Å². The molecule has 0 bridgehead atoms. The van der Waals surface area contributed by atoms with Gasteiger partial charge >= 0.3 is 5.97 Å². The SMILES string of the molecule is COC(=O)c1ccc(NC(=O)c2cccc3c2NC(=O)CO3)cc1. The number of benzene rings is 2. The molecular formula is C17H14N2O5. The van der Waals surface area contributed by atoms with E-state index in [9.17, 15) is 14.4 Å². The lowest BCUT2D eigenvalue weighted by atomic mass is 10.1. The fourth-order valence-electron chi connectivity index (χ4n) is 2.29. The Hall–Kier alpha value is -3.35. The van der Waals surface area contributed by atoms with E-state index >= 15 is 0 Å². The third kappa shape index (κ3) is 3.05. The number of esters is 1. The number of anilines is 2. The molecule has 122 valence electrons. The normalized spacial score (nSPS) is 12.5. The van der Waals surface area contributed by atoms with Crippen molar-refractivity contribution in [2.24, 2.45) is 0 Å². The maximum Gasteiger partial charge on any atom is 0.337 e. The van der Waals surface area contributed by atoms with Crippen molar-refractivity contribution in [3.8, 4) is 5.75 Å². The first-order valence-corrected chi connectivity index (χ1v) is 7.14. The standard InChI is InChI=1S/C17H14N2O5/c1-23-17(22)10-5-7-11(8-6-10)18-16(21)12-3-2-4-13-15(12)19-14(20)9-24-13/h2-8H,9H2,1H3,(H,18,21)(H,19,20). The molecule has 2 aromatic rings. The quantitative estimate of drug-likeness (QED) is 0.842. The van der Waals surface area contributed by atoms with Gasteiger partial charge in [-0.25, -0.2) is 4.79 Å².